The van der Waals surface area contributed by atoms with E-state index in [9.17, 15) is 0 Å². The van der Waals surface area contributed by atoms with Crippen LogP contribution in [0.15, 0.2) is 15.7 Å². The maximum atomic E-state index is 5.29. The Kier molecular flexibility index (Phi) is 1.29. The molecule has 0 radical (unpaired) electrons. The fourth-order valence-corrected chi connectivity index (χ4v) is 2.66. The minimum Gasteiger partial charge on any atom is -0.302 e. The van der Waals surface area contributed by atoms with Gasteiger partial charge >= 0.3 is 0 Å². The van der Waals surface area contributed by atoms with Crippen LogP contribution in [0.5, 0.6) is 0 Å². The molecule has 48 valence electrons. The molecule has 1 aliphatic heterocycles. The Morgan fingerprint density at radius 1 is 1.67 bits per heavy atom. The Morgan fingerprint density at radius 3 is 3.33 bits per heavy atom. The first kappa shape index (κ1) is 5.77. The number of fused-ring (bicyclic) bond motifs is 1. The minimum atomic E-state index is 0.302. The van der Waals surface area contributed by atoms with Crippen molar-refractivity contribution < 1.29 is 4.18 Å². The van der Waals surface area contributed by atoms with Crippen molar-refractivity contribution in [3.63, 3.8) is 0 Å². The number of rotatable bonds is 0. The van der Waals surface area contributed by atoms with Gasteiger partial charge in [0.05, 0.1) is 10.3 Å². The standard InChI is InChI=1S/C6H6OS2/c1-4-5-2-3-8-6(5)9-7-4/h2-4H,1H3. The molecular weight excluding hydrogens is 152 g/mol. The van der Waals surface area contributed by atoms with Crippen molar-refractivity contribution in [1.82, 2.24) is 0 Å². The van der Waals surface area contributed by atoms with E-state index in [0.29, 0.717) is 6.10 Å². The minimum absolute atomic E-state index is 0.302. The number of thiophene rings is 1. The van der Waals surface area contributed by atoms with Crippen molar-refractivity contribution in [2.45, 2.75) is 17.2 Å². The van der Waals surface area contributed by atoms with Gasteiger partial charge in [0.2, 0.25) is 0 Å². The van der Waals surface area contributed by atoms with Crippen molar-refractivity contribution in [3.05, 3.63) is 17.0 Å². The molecule has 1 atom stereocenters. The first-order valence-corrected chi connectivity index (χ1v) is 4.41. The average Bonchev–Trinajstić information content (AvgIpc) is 2.35. The van der Waals surface area contributed by atoms with Gasteiger partial charge in [-0.3, -0.25) is 0 Å². The van der Waals surface area contributed by atoms with Crippen molar-refractivity contribution in [1.29, 1.82) is 0 Å². The van der Waals surface area contributed by atoms with E-state index in [1.165, 1.54) is 21.8 Å². The lowest BCUT2D eigenvalue weighted by atomic mass is 10.2. The predicted molar refractivity (Wildman–Crippen MR) is 39.7 cm³/mol. The lowest BCUT2D eigenvalue weighted by molar-refractivity contribution is 0.286. The van der Waals surface area contributed by atoms with Crippen LogP contribution in [0.1, 0.15) is 18.6 Å². The monoisotopic (exact) mass is 158 g/mol. The summed E-state index contributed by atoms with van der Waals surface area (Å²) in [6.07, 6.45) is 0.302. The molecule has 3 heteroatoms. The number of hydrogen-bond donors (Lipinski definition) is 0. The van der Waals surface area contributed by atoms with E-state index in [1.54, 1.807) is 11.3 Å². The average molecular weight is 158 g/mol. The molecule has 0 saturated carbocycles. The van der Waals surface area contributed by atoms with Gasteiger partial charge in [-0.25, -0.2) is 0 Å². The van der Waals surface area contributed by atoms with E-state index in [4.69, 9.17) is 4.18 Å². The van der Waals surface area contributed by atoms with Gasteiger partial charge in [-0.2, -0.15) is 0 Å². The SMILES string of the molecule is CC1OSc2sccc21. The molecule has 0 aromatic carbocycles. The van der Waals surface area contributed by atoms with Crippen molar-refractivity contribution in [2.24, 2.45) is 0 Å². The van der Waals surface area contributed by atoms with E-state index in [0.717, 1.165) is 0 Å². The van der Waals surface area contributed by atoms with Crippen LogP contribution in [0.2, 0.25) is 0 Å². The molecule has 1 aromatic heterocycles. The summed E-state index contributed by atoms with van der Waals surface area (Å²) in [5.74, 6) is 0. The maximum absolute atomic E-state index is 5.29. The second-order valence-electron chi connectivity index (χ2n) is 1.99. The fourth-order valence-electron chi connectivity index (χ4n) is 0.842. The van der Waals surface area contributed by atoms with Crippen LogP contribution in [0.3, 0.4) is 0 Å². The summed E-state index contributed by atoms with van der Waals surface area (Å²) in [7, 11) is 0. The van der Waals surface area contributed by atoms with Crippen molar-refractivity contribution in [2.75, 3.05) is 0 Å². The summed E-state index contributed by atoms with van der Waals surface area (Å²) in [4.78, 5) is 0. The van der Waals surface area contributed by atoms with Gasteiger partial charge < -0.3 is 4.18 Å². The highest BCUT2D eigenvalue weighted by atomic mass is 32.2. The Hall–Kier alpha value is 0.0100. The summed E-state index contributed by atoms with van der Waals surface area (Å²) < 4.78 is 6.61. The summed E-state index contributed by atoms with van der Waals surface area (Å²) in [5.41, 5.74) is 1.35. The molecule has 2 rings (SSSR count). The van der Waals surface area contributed by atoms with Gasteiger partial charge in [0.1, 0.15) is 0 Å². The van der Waals surface area contributed by atoms with E-state index in [-0.39, 0.29) is 0 Å². The van der Waals surface area contributed by atoms with Crippen molar-refractivity contribution >= 4 is 23.4 Å². The van der Waals surface area contributed by atoms with Gasteiger partial charge in [-0.15, -0.1) is 11.3 Å². The Morgan fingerprint density at radius 2 is 2.56 bits per heavy atom. The lowest BCUT2D eigenvalue weighted by Crippen LogP contribution is -1.82. The van der Waals surface area contributed by atoms with E-state index >= 15 is 0 Å². The first-order chi connectivity index (χ1) is 4.38. The normalized spacial score (nSPS) is 24.3. The molecule has 1 aromatic rings. The maximum Gasteiger partial charge on any atom is 0.0968 e. The molecule has 0 saturated heterocycles. The van der Waals surface area contributed by atoms with E-state index < -0.39 is 0 Å². The van der Waals surface area contributed by atoms with Crippen LogP contribution >= 0.6 is 23.4 Å². The van der Waals surface area contributed by atoms with Crippen LogP contribution in [0.25, 0.3) is 0 Å². The summed E-state index contributed by atoms with van der Waals surface area (Å²) in [5, 5.41) is 2.11. The molecule has 1 aliphatic rings. The second-order valence-corrected chi connectivity index (χ2v) is 3.93. The predicted octanol–water partition coefficient (Wildman–Crippen LogP) is 2.85. The Bertz CT molecular complexity index is 219. The molecule has 1 unspecified atom stereocenters. The van der Waals surface area contributed by atoms with Gasteiger partial charge in [-0.1, -0.05) is 0 Å². The molecule has 2 heterocycles. The zero-order valence-electron chi connectivity index (χ0n) is 4.96. The van der Waals surface area contributed by atoms with Crippen LogP contribution in [-0.2, 0) is 4.18 Å². The summed E-state index contributed by atoms with van der Waals surface area (Å²) >= 11 is 3.25. The van der Waals surface area contributed by atoms with E-state index in [1.807, 2.05) is 0 Å². The molecule has 0 amide bonds. The molecule has 0 fully saturated rings. The molecular formula is C6H6OS2. The van der Waals surface area contributed by atoms with Crippen LogP contribution in [-0.4, -0.2) is 0 Å². The highest BCUT2D eigenvalue weighted by Crippen LogP contribution is 2.43. The fraction of sp³-hybridized carbons (Fsp3) is 0.333. The Balaban J connectivity index is 2.49. The van der Waals surface area contributed by atoms with Crippen LogP contribution < -0.4 is 0 Å². The lowest BCUT2D eigenvalue weighted by Gasteiger charge is -1.95. The van der Waals surface area contributed by atoms with Crippen molar-refractivity contribution in [3.8, 4) is 0 Å². The second kappa shape index (κ2) is 2.01. The van der Waals surface area contributed by atoms with E-state index in [2.05, 4.69) is 18.4 Å². The third kappa shape index (κ3) is 0.801. The number of hydrogen-bond acceptors (Lipinski definition) is 3. The van der Waals surface area contributed by atoms with Gasteiger partial charge in [0.15, 0.2) is 0 Å². The summed E-state index contributed by atoms with van der Waals surface area (Å²) in [6.45, 7) is 2.07. The zero-order valence-corrected chi connectivity index (χ0v) is 6.59. The third-order valence-electron chi connectivity index (χ3n) is 1.36. The molecule has 0 spiro atoms. The zero-order chi connectivity index (χ0) is 6.27. The molecule has 1 nitrogen and oxygen atoms in total. The molecule has 0 bridgehead atoms. The van der Waals surface area contributed by atoms with Crippen LogP contribution in [0.4, 0.5) is 0 Å². The Labute approximate surface area is 62.2 Å². The van der Waals surface area contributed by atoms with Gasteiger partial charge in [0.25, 0.3) is 0 Å². The smallest absolute Gasteiger partial charge is 0.0968 e. The third-order valence-corrected chi connectivity index (χ3v) is 3.35. The largest absolute Gasteiger partial charge is 0.302 e. The van der Waals surface area contributed by atoms with Crippen LogP contribution in [0, 0.1) is 0 Å². The summed E-state index contributed by atoms with van der Waals surface area (Å²) in [6, 6.07) is 2.13. The quantitative estimate of drug-likeness (QED) is 0.537. The van der Waals surface area contributed by atoms with Gasteiger partial charge in [0, 0.05) is 17.6 Å². The first-order valence-electron chi connectivity index (χ1n) is 2.78. The molecule has 0 N–H and O–H groups in total. The highest BCUT2D eigenvalue weighted by molar-refractivity contribution is 7.96. The molecule has 0 aliphatic carbocycles. The molecule has 9 heavy (non-hydrogen) atoms. The highest BCUT2D eigenvalue weighted by Gasteiger charge is 2.20. The topological polar surface area (TPSA) is 9.23 Å². The van der Waals surface area contributed by atoms with Gasteiger partial charge in [-0.05, 0) is 18.4 Å².